The maximum absolute atomic E-state index is 4.26. The molecule has 0 unspecified atom stereocenters. The fourth-order valence-electron chi connectivity index (χ4n) is 1.08. The summed E-state index contributed by atoms with van der Waals surface area (Å²) >= 11 is 3.40. The van der Waals surface area contributed by atoms with Crippen LogP contribution in [0.1, 0.15) is 5.56 Å². The topological polar surface area (TPSA) is 28.7 Å². The molecule has 11 heavy (non-hydrogen) atoms. The number of hydrogen-bond acceptors (Lipinski definition) is 1. The van der Waals surface area contributed by atoms with E-state index in [9.17, 15) is 0 Å². The molecule has 3 heteroatoms. The van der Waals surface area contributed by atoms with Crippen molar-refractivity contribution in [3.8, 4) is 0 Å². The predicted molar refractivity (Wildman–Crippen MR) is 48.5 cm³/mol. The summed E-state index contributed by atoms with van der Waals surface area (Å²) in [4.78, 5) is 7.38. The molecule has 0 saturated heterocycles. The molecule has 1 N–H and O–H groups in total. The molecule has 0 aromatic carbocycles. The molecule has 0 aliphatic heterocycles. The van der Waals surface area contributed by atoms with Gasteiger partial charge in [0.05, 0.1) is 9.99 Å². The third-order valence-corrected chi connectivity index (χ3v) is 2.21. The van der Waals surface area contributed by atoms with Gasteiger partial charge in [-0.25, -0.2) is 0 Å². The highest BCUT2D eigenvalue weighted by Crippen LogP contribution is 2.21. The highest BCUT2D eigenvalue weighted by atomic mass is 79.9. The summed E-state index contributed by atoms with van der Waals surface area (Å²) in [7, 11) is 0. The van der Waals surface area contributed by atoms with Gasteiger partial charge in [-0.3, -0.25) is 4.98 Å². The van der Waals surface area contributed by atoms with E-state index in [2.05, 4.69) is 32.0 Å². The maximum atomic E-state index is 4.26. The summed E-state index contributed by atoms with van der Waals surface area (Å²) in [6.45, 7) is 2.03. The first kappa shape index (κ1) is 6.85. The fourth-order valence-corrected chi connectivity index (χ4v) is 1.51. The molecule has 0 spiro atoms. The summed E-state index contributed by atoms with van der Waals surface area (Å²) in [5, 5.41) is 0. The molecular weight excluding hydrogens is 204 g/mol. The van der Waals surface area contributed by atoms with Gasteiger partial charge >= 0.3 is 0 Å². The lowest BCUT2D eigenvalue weighted by molar-refractivity contribution is 1.33. The van der Waals surface area contributed by atoms with Crippen LogP contribution in [0.5, 0.6) is 0 Å². The Balaban J connectivity index is 2.86. The molecule has 0 radical (unpaired) electrons. The minimum Gasteiger partial charge on any atom is -0.359 e. The zero-order valence-electron chi connectivity index (χ0n) is 6.06. The fraction of sp³-hybridized carbons (Fsp3) is 0.125. The number of fused-ring (bicyclic) bond motifs is 1. The van der Waals surface area contributed by atoms with Crippen LogP contribution in [-0.2, 0) is 0 Å². The van der Waals surface area contributed by atoms with Crippen LogP contribution in [0.15, 0.2) is 22.9 Å². The molecule has 0 amide bonds. The van der Waals surface area contributed by atoms with Gasteiger partial charge in [-0.2, -0.15) is 0 Å². The Hall–Kier alpha value is -0.830. The van der Waals surface area contributed by atoms with E-state index in [0.29, 0.717) is 0 Å². The number of aromatic nitrogens is 2. The van der Waals surface area contributed by atoms with E-state index in [-0.39, 0.29) is 0 Å². The van der Waals surface area contributed by atoms with Crippen molar-refractivity contribution in [3.63, 3.8) is 0 Å². The molecule has 56 valence electrons. The van der Waals surface area contributed by atoms with Gasteiger partial charge in [0, 0.05) is 12.4 Å². The van der Waals surface area contributed by atoms with Gasteiger partial charge in [0.2, 0.25) is 0 Å². The number of aromatic amines is 1. The van der Waals surface area contributed by atoms with Crippen LogP contribution < -0.4 is 0 Å². The molecule has 2 aromatic heterocycles. The van der Waals surface area contributed by atoms with Crippen molar-refractivity contribution in [2.24, 2.45) is 0 Å². The first-order valence-corrected chi connectivity index (χ1v) is 4.16. The summed E-state index contributed by atoms with van der Waals surface area (Å²) in [6, 6.07) is 2.08. The van der Waals surface area contributed by atoms with E-state index < -0.39 is 0 Å². The number of halogens is 1. The van der Waals surface area contributed by atoms with Crippen LogP contribution >= 0.6 is 15.9 Å². The van der Waals surface area contributed by atoms with Gasteiger partial charge in [-0.15, -0.1) is 0 Å². The monoisotopic (exact) mass is 210 g/mol. The summed E-state index contributed by atoms with van der Waals surface area (Å²) in [5.41, 5.74) is 3.25. The van der Waals surface area contributed by atoms with E-state index in [1.807, 2.05) is 19.3 Å². The third-order valence-electron chi connectivity index (χ3n) is 1.61. The quantitative estimate of drug-likeness (QED) is 0.712. The molecule has 2 nitrogen and oxygen atoms in total. The predicted octanol–water partition coefficient (Wildman–Crippen LogP) is 2.63. The molecule has 0 atom stereocenters. The summed E-state index contributed by atoms with van der Waals surface area (Å²) in [5.74, 6) is 0. The zero-order valence-corrected chi connectivity index (χ0v) is 7.64. The highest BCUT2D eigenvalue weighted by molar-refractivity contribution is 9.10. The average molecular weight is 211 g/mol. The minimum atomic E-state index is 0.996. The second-order valence-electron chi connectivity index (χ2n) is 2.55. The van der Waals surface area contributed by atoms with Crippen molar-refractivity contribution in [2.75, 3.05) is 0 Å². The SMILES string of the molecule is Cc1cnc2c(Br)c[nH]c2c1. The maximum Gasteiger partial charge on any atom is 0.102 e. The molecule has 0 fully saturated rings. The van der Waals surface area contributed by atoms with Crippen LogP contribution in [-0.4, -0.2) is 9.97 Å². The normalized spacial score (nSPS) is 10.7. The smallest absolute Gasteiger partial charge is 0.102 e. The van der Waals surface area contributed by atoms with Crippen molar-refractivity contribution in [3.05, 3.63) is 28.5 Å². The lowest BCUT2D eigenvalue weighted by Gasteiger charge is -1.91. The Kier molecular flexibility index (Phi) is 1.46. The van der Waals surface area contributed by atoms with Gasteiger partial charge in [0.15, 0.2) is 0 Å². The number of hydrogen-bond donors (Lipinski definition) is 1. The number of aryl methyl sites for hydroxylation is 1. The van der Waals surface area contributed by atoms with E-state index in [0.717, 1.165) is 15.5 Å². The molecule has 0 saturated carbocycles. The van der Waals surface area contributed by atoms with E-state index >= 15 is 0 Å². The van der Waals surface area contributed by atoms with Crippen molar-refractivity contribution in [1.29, 1.82) is 0 Å². The van der Waals surface area contributed by atoms with Crippen molar-refractivity contribution < 1.29 is 0 Å². The lowest BCUT2D eigenvalue weighted by Crippen LogP contribution is -1.77. The van der Waals surface area contributed by atoms with E-state index in [1.165, 1.54) is 5.56 Å². The molecule has 0 bridgehead atoms. The van der Waals surface area contributed by atoms with Gasteiger partial charge in [0.1, 0.15) is 5.52 Å². The zero-order chi connectivity index (χ0) is 7.84. The van der Waals surface area contributed by atoms with Crippen molar-refractivity contribution in [1.82, 2.24) is 9.97 Å². The average Bonchev–Trinajstić information content (AvgIpc) is 2.32. The van der Waals surface area contributed by atoms with Gasteiger partial charge in [0.25, 0.3) is 0 Å². The molecule has 0 aliphatic carbocycles. The summed E-state index contributed by atoms with van der Waals surface area (Å²) in [6.07, 6.45) is 3.76. The second kappa shape index (κ2) is 2.34. The number of rotatable bonds is 0. The van der Waals surface area contributed by atoms with Crippen LogP contribution in [0, 0.1) is 6.92 Å². The lowest BCUT2D eigenvalue weighted by atomic mass is 10.3. The van der Waals surface area contributed by atoms with Crippen LogP contribution in [0.3, 0.4) is 0 Å². The second-order valence-corrected chi connectivity index (χ2v) is 3.40. The Morgan fingerprint density at radius 3 is 3.18 bits per heavy atom. The first-order chi connectivity index (χ1) is 5.27. The number of H-pyrrole nitrogens is 1. The van der Waals surface area contributed by atoms with Crippen molar-refractivity contribution >= 4 is 27.0 Å². The first-order valence-electron chi connectivity index (χ1n) is 3.36. The Labute approximate surface area is 72.8 Å². The Morgan fingerprint density at radius 1 is 1.55 bits per heavy atom. The molecule has 2 aromatic rings. The largest absolute Gasteiger partial charge is 0.359 e. The molecule has 2 heterocycles. The number of nitrogens with zero attached hydrogens (tertiary/aromatic N) is 1. The number of nitrogens with one attached hydrogen (secondary N) is 1. The molecule has 2 rings (SSSR count). The molecular formula is C8H7BrN2. The van der Waals surface area contributed by atoms with Crippen LogP contribution in [0.4, 0.5) is 0 Å². The van der Waals surface area contributed by atoms with Crippen LogP contribution in [0.25, 0.3) is 11.0 Å². The Bertz CT molecular complexity index is 392. The van der Waals surface area contributed by atoms with Crippen molar-refractivity contribution in [2.45, 2.75) is 6.92 Å². The van der Waals surface area contributed by atoms with E-state index in [1.54, 1.807) is 0 Å². The van der Waals surface area contributed by atoms with Gasteiger partial charge < -0.3 is 4.98 Å². The number of pyridine rings is 1. The highest BCUT2D eigenvalue weighted by Gasteiger charge is 2.00. The third kappa shape index (κ3) is 1.05. The summed E-state index contributed by atoms with van der Waals surface area (Å²) < 4.78 is 1.02. The van der Waals surface area contributed by atoms with Gasteiger partial charge in [-0.1, -0.05) is 0 Å². The Morgan fingerprint density at radius 2 is 2.36 bits per heavy atom. The van der Waals surface area contributed by atoms with Gasteiger partial charge in [-0.05, 0) is 34.5 Å². The standard InChI is InChI=1S/C8H7BrN2/c1-5-2-7-8(11-3-5)6(9)4-10-7/h2-4,10H,1H3. The van der Waals surface area contributed by atoms with E-state index in [4.69, 9.17) is 0 Å². The van der Waals surface area contributed by atoms with Crippen LogP contribution in [0.2, 0.25) is 0 Å². The molecule has 0 aliphatic rings. The minimum absolute atomic E-state index is 0.996.